The second-order valence-corrected chi connectivity index (χ2v) is 5.99. The van der Waals surface area contributed by atoms with Gasteiger partial charge in [0.15, 0.2) is 5.96 Å². The van der Waals surface area contributed by atoms with Crippen LogP contribution in [0.4, 0.5) is 0 Å². The van der Waals surface area contributed by atoms with Gasteiger partial charge in [-0.3, -0.25) is 9.78 Å². The zero-order valence-corrected chi connectivity index (χ0v) is 15.0. The molecule has 0 fully saturated rings. The van der Waals surface area contributed by atoms with Crippen LogP contribution in [0.5, 0.6) is 0 Å². The van der Waals surface area contributed by atoms with E-state index in [2.05, 4.69) is 26.9 Å². The van der Waals surface area contributed by atoms with Crippen molar-refractivity contribution >= 4 is 23.6 Å². The van der Waals surface area contributed by atoms with Gasteiger partial charge >= 0.3 is 0 Å². The monoisotopic (exact) mass is 337 g/mol. The number of aliphatic imine (C=N–C) groups is 1. The molecule has 128 valence electrons. The molecule has 0 atom stereocenters. The van der Waals surface area contributed by atoms with Crippen molar-refractivity contribution in [3.05, 3.63) is 30.1 Å². The minimum Gasteiger partial charge on any atom is -0.357 e. The van der Waals surface area contributed by atoms with Gasteiger partial charge in [0.1, 0.15) is 6.54 Å². The molecule has 23 heavy (non-hydrogen) atoms. The van der Waals surface area contributed by atoms with Gasteiger partial charge in [0.05, 0.1) is 0 Å². The maximum atomic E-state index is 12.1. The van der Waals surface area contributed by atoms with Gasteiger partial charge in [-0.05, 0) is 25.3 Å². The molecular formula is C16H27N5OS. The van der Waals surface area contributed by atoms with E-state index in [1.807, 2.05) is 25.1 Å². The Morgan fingerprint density at radius 3 is 2.87 bits per heavy atom. The maximum absolute atomic E-state index is 12.1. The van der Waals surface area contributed by atoms with E-state index in [-0.39, 0.29) is 12.5 Å². The third-order valence-electron chi connectivity index (χ3n) is 3.17. The first-order valence-electron chi connectivity index (χ1n) is 7.82. The summed E-state index contributed by atoms with van der Waals surface area (Å²) < 4.78 is 0. The van der Waals surface area contributed by atoms with E-state index < -0.39 is 0 Å². The van der Waals surface area contributed by atoms with Crippen molar-refractivity contribution in [3.8, 4) is 0 Å². The number of pyridine rings is 1. The third-order valence-corrected chi connectivity index (χ3v) is 3.78. The van der Waals surface area contributed by atoms with Crippen molar-refractivity contribution in [3.63, 3.8) is 0 Å². The van der Waals surface area contributed by atoms with Crippen LogP contribution in [0.15, 0.2) is 29.4 Å². The molecule has 1 heterocycles. The van der Waals surface area contributed by atoms with Crippen LogP contribution in [-0.4, -0.2) is 67.0 Å². The van der Waals surface area contributed by atoms with Crippen LogP contribution in [0.2, 0.25) is 0 Å². The number of nitrogens with zero attached hydrogens (tertiary/aromatic N) is 3. The van der Waals surface area contributed by atoms with E-state index >= 15 is 0 Å². The number of carbonyl (C=O) groups excluding carboxylic acids is 1. The van der Waals surface area contributed by atoms with Gasteiger partial charge in [0, 0.05) is 50.7 Å². The van der Waals surface area contributed by atoms with Crippen LogP contribution in [0, 0.1) is 0 Å². The number of hydrogen-bond donors (Lipinski definition) is 2. The first kappa shape index (κ1) is 19.3. The molecule has 0 spiro atoms. The predicted octanol–water partition coefficient (Wildman–Crippen LogP) is 1.00. The molecule has 0 aliphatic heterocycles. The Bertz CT molecular complexity index is 481. The summed E-state index contributed by atoms with van der Waals surface area (Å²) in [5, 5.41) is 6.35. The molecular weight excluding hydrogens is 310 g/mol. The summed E-state index contributed by atoms with van der Waals surface area (Å²) in [6.07, 6.45) is 4.58. The molecule has 0 bridgehead atoms. The second-order valence-electron chi connectivity index (χ2n) is 5.00. The summed E-state index contributed by atoms with van der Waals surface area (Å²) in [5.74, 6) is 1.69. The Morgan fingerprint density at radius 2 is 2.22 bits per heavy atom. The Balaban J connectivity index is 2.40. The number of guanidine groups is 1. The van der Waals surface area contributed by atoms with Crippen molar-refractivity contribution in [1.29, 1.82) is 0 Å². The number of nitrogens with one attached hydrogen (secondary N) is 2. The normalized spacial score (nSPS) is 11.2. The molecule has 1 aromatic rings. The molecule has 0 unspecified atom stereocenters. The van der Waals surface area contributed by atoms with Crippen LogP contribution >= 0.6 is 11.8 Å². The summed E-state index contributed by atoms with van der Waals surface area (Å²) in [6.45, 7) is 4.40. The van der Waals surface area contributed by atoms with E-state index in [1.165, 1.54) is 0 Å². The van der Waals surface area contributed by atoms with Gasteiger partial charge in [-0.2, -0.15) is 11.8 Å². The minimum atomic E-state index is 0.00278. The first-order valence-corrected chi connectivity index (χ1v) is 9.21. The molecule has 1 rings (SSSR count). The Morgan fingerprint density at radius 1 is 1.39 bits per heavy atom. The van der Waals surface area contributed by atoms with Crippen LogP contribution in [0.3, 0.4) is 0 Å². The fourth-order valence-electron chi connectivity index (χ4n) is 1.83. The highest BCUT2D eigenvalue weighted by Crippen LogP contribution is 1.97. The highest BCUT2D eigenvalue weighted by atomic mass is 32.2. The van der Waals surface area contributed by atoms with Gasteiger partial charge in [-0.25, -0.2) is 4.99 Å². The number of likely N-dealkylation sites (N-methyl/N-ethyl adjacent to an activating group) is 1. The lowest BCUT2D eigenvalue weighted by Gasteiger charge is -2.16. The van der Waals surface area contributed by atoms with Crippen molar-refractivity contribution in [1.82, 2.24) is 20.5 Å². The lowest BCUT2D eigenvalue weighted by atomic mass is 10.2. The van der Waals surface area contributed by atoms with Crippen molar-refractivity contribution in [2.75, 3.05) is 45.2 Å². The third kappa shape index (κ3) is 8.44. The molecule has 7 heteroatoms. The van der Waals surface area contributed by atoms with Gasteiger partial charge in [0.25, 0.3) is 0 Å². The topological polar surface area (TPSA) is 69.6 Å². The SMILES string of the molecule is CCNC(=NCC(=O)N(C)CCc1ccccn1)NCCSC. The Hall–Kier alpha value is -1.76. The average Bonchev–Trinajstić information content (AvgIpc) is 2.58. The number of thioether (sulfide) groups is 1. The van der Waals surface area contributed by atoms with Gasteiger partial charge in [-0.15, -0.1) is 0 Å². The van der Waals surface area contributed by atoms with E-state index in [0.29, 0.717) is 12.5 Å². The van der Waals surface area contributed by atoms with Crippen LogP contribution in [-0.2, 0) is 11.2 Å². The number of amides is 1. The van der Waals surface area contributed by atoms with Gasteiger partial charge < -0.3 is 15.5 Å². The zero-order chi connectivity index (χ0) is 16.9. The average molecular weight is 337 g/mol. The van der Waals surface area contributed by atoms with E-state index in [1.54, 1.807) is 29.9 Å². The highest BCUT2D eigenvalue weighted by Gasteiger charge is 2.09. The smallest absolute Gasteiger partial charge is 0.244 e. The second kappa shape index (κ2) is 11.8. The van der Waals surface area contributed by atoms with E-state index in [4.69, 9.17) is 0 Å². The molecule has 0 aromatic carbocycles. The first-order chi connectivity index (χ1) is 11.2. The Labute approximate surface area is 143 Å². The van der Waals surface area contributed by atoms with Crippen LogP contribution in [0.1, 0.15) is 12.6 Å². The largest absolute Gasteiger partial charge is 0.357 e. The summed E-state index contributed by atoms with van der Waals surface area (Å²) in [4.78, 5) is 22.4. The summed E-state index contributed by atoms with van der Waals surface area (Å²) in [7, 11) is 1.80. The van der Waals surface area contributed by atoms with Crippen molar-refractivity contribution in [2.24, 2.45) is 4.99 Å². The number of rotatable bonds is 9. The van der Waals surface area contributed by atoms with Gasteiger partial charge in [0.2, 0.25) is 5.91 Å². The number of hydrogen-bond acceptors (Lipinski definition) is 4. The fraction of sp³-hybridized carbons (Fsp3) is 0.562. The molecule has 1 amide bonds. The van der Waals surface area contributed by atoms with E-state index in [0.717, 1.165) is 31.0 Å². The molecule has 2 N–H and O–H groups in total. The summed E-state index contributed by atoms with van der Waals surface area (Å²) in [5.41, 5.74) is 0.989. The quantitative estimate of drug-likeness (QED) is 0.400. The van der Waals surface area contributed by atoms with Crippen LogP contribution in [0.25, 0.3) is 0 Å². The number of aromatic nitrogens is 1. The van der Waals surface area contributed by atoms with Crippen molar-refractivity contribution in [2.45, 2.75) is 13.3 Å². The lowest BCUT2D eigenvalue weighted by Crippen LogP contribution is -2.39. The minimum absolute atomic E-state index is 0.00278. The standard InChI is InChI=1S/C16H27N5OS/c1-4-17-16(19-10-12-23-3)20-13-15(22)21(2)11-8-14-7-5-6-9-18-14/h5-7,9H,4,8,10-13H2,1-3H3,(H2,17,19,20). The fourth-order valence-corrected chi connectivity index (χ4v) is 2.14. The molecule has 1 aromatic heterocycles. The molecule has 6 nitrogen and oxygen atoms in total. The summed E-state index contributed by atoms with van der Waals surface area (Å²) >= 11 is 1.77. The van der Waals surface area contributed by atoms with Crippen LogP contribution < -0.4 is 10.6 Å². The van der Waals surface area contributed by atoms with Gasteiger partial charge in [-0.1, -0.05) is 6.07 Å². The lowest BCUT2D eigenvalue weighted by molar-refractivity contribution is -0.128. The summed E-state index contributed by atoms with van der Waals surface area (Å²) in [6, 6.07) is 5.81. The molecule has 0 radical (unpaired) electrons. The van der Waals surface area contributed by atoms with E-state index in [9.17, 15) is 4.79 Å². The maximum Gasteiger partial charge on any atom is 0.244 e. The Kier molecular flexibility index (Phi) is 9.86. The molecule has 0 saturated heterocycles. The number of carbonyl (C=O) groups is 1. The zero-order valence-electron chi connectivity index (χ0n) is 14.2. The molecule has 0 aliphatic carbocycles. The predicted molar refractivity (Wildman–Crippen MR) is 97.9 cm³/mol. The highest BCUT2D eigenvalue weighted by molar-refractivity contribution is 7.98. The molecule has 0 aliphatic rings. The molecule has 0 saturated carbocycles. The van der Waals surface area contributed by atoms with Crippen molar-refractivity contribution < 1.29 is 4.79 Å².